The average molecular weight is 412 g/mol. The molecule has 3 unspecified atom stereocenters. The fourth-order valence-electron chi connectivity index (χ4n) is 7.13. The Kier molecular flexibility index (Phi) is 4.92. The summed E-state index contributed by atoms with van der Waals surface area (Å²) < 4.78 is 5.50. The third-order valence-corrected chi connectivity index (χ3v) is 8.05. The summed E-state index contributed by atoms with van der Waals surface area (Å²) in [4.78, 5) is 25.4. The number of esters is 1. The summed E-state index contributed by atoms with van der Waals surface area (Å²) in [5.74, 6) is 0.284. The molecule has 162 valence electrons. The Bertz CT molecular complexity index is 849. The molecule has 4 saturated carbocycles. The molecule has 0 spiro atoms. The summed E-state index contributed by atoms with van der Waals surface area (Å²) in [6.07, 6.45) is 9.60. The van der Waals surface area contributed by atoms with Gasteiger partial charge in [0, 0.05) is 0 Å². The van der Waals surface area contributed by atoms with Crippen molar-refractivity contribution in [2.75, 3.05) is 6.61 Å². The second-order valence-electron chi connectivity index (χ2n) is 10.6. The lowest BCUT2D eigenvalue weighted by Crippen LogP contribution is -2.58. The molecule has 1 aromatic carbocycles. The lowest BCUT2D eigenvalue weighted by Gasteiger charge is -2.58. The highest BCUT2D eigenvalue weighted by Crippen LogP contribution is 2.61. The molecular formula is C25H33NO4. The van der Waals surface area contributed by atoms with Crippen molar-refractivity contribution in [3.05, 3.63) is 34.9 Å². The van der Waals surface area contributed by atoms with Gasteiger partial charge in [-0.25, -0.2) is 0 Å². The summed E-state index contributed by atoms with van der Waals surface area (Å²) in [7, 11) is 0. The summed E-state index contributed by atoms with van der Waals surface area (Å²) >= 11 is 0. The molecule has 1 aromatic rings. The van der Waals surface area contributed by atoms with Gasteiger partial charge < -0.3 is 15.2 Å². The van der Waals surface area contributed by atoms with E-state index in [2.05, 4.69) is 23.5 Å². The van der Waals surface area contributed by atoms with E-state index in [1.165, 1.54) is 24.0 Å². The maximum Gasteiger partial charge on any atom is 0.312 e. The van der Waals surface area contributed by atoms with Gasteiger partial charge in [-0.2, -0.15) is 0 Å². The van der Waals surface area contributed by atoms with Crippen molar-refractivity contribution in [3.8, 4) is 0 Å². The van der Waals surface area contributed by atoms with E-state index < -0.39 is 11.0 Å². The molecular weight excluding hydrogens is 378 g/mol. The highest BCUT2D eigenvalue weighted by molar-refractivity contribution is 5.83. The number of hydrogen-bond donors (Lipinski definition) is 2. The molecule has 6 rings (SSSR count). The van der Waals surface area contributed by atoms with E-state index in [0.717, 1.165) is 50.5 Å². The molecule has 5 aliphatic carbocycles. The van der Waals surface area contributed by atoms with Gasteiger partial charge in [0.2, 0.25) is 0 Å². The minimum atomic E-state index is -0.702. The van der Waals surface area contributed by atoms with Crippen molar-refractivity contribution in [2.45, 2.75) is 82.8 Å². The quantitative estimate of drug-likeness (QED) is 0.726. The largest absolute Gasteiger partial charge is 0.455 e. The van der Waals surface area contributed by atoms with Gasteiger partial charge in [-0.15, -0.1) is 0 Å². The monoisotopic (exact) mass is 411 g/mol. The van der Waals surface area contributed by atoms with Gasteiger partial charge in [-0.1, -0.05) is 18.2 Å². The maximum atomic E-state index is 12.9. The van der Waals surface area contributed by atoms with Crippen molar-refractivity contribution in [1.82, 2.24) is 5.32 Å². The third kappa shape index (κ3) is 3.66. The first-order chi connectivity index (χ1) is 14.3. The van der Waals surface area contributed by atoms with Crippen molar-refractivity contribution >= 4 is 11.9 Å². The fraction of sp³-hybridized carbons (Fsp3) is 0.680. The molecule has 5 heteroatoms. The Morgan fingerprint density at radius 3 is 2.53 bits per heavy atom. The maximum absolute atomic E-state index is 12.9. The van der Waals surface area contributed by atoms with E-state index in [4.69, 9.17) is 4.74 Å². The normalized spacial score (nSPS) is 34.9. The van der Waals surface area contributed by atoms with Crippen LogP contribution in [0.2, 0.25) is 0 Å². The van der Waals surface area contributed by atoms with Crippen LogP contribution in [0, 0.1) is 17.3 Å². The zero-order chi connectivity index (χ0) is 20.9. The van der Waals surface area contributed by atoms with Gasteiger partial charge in [-0.05, 0) is 99.7 Å². The molecule has 0 aromatic heterocycles. The first kappa shape index (κ1) is 20.0. The Morgan fingerprint density at radius 1 is 1.13 bits per heavy atom. The molecule has 5 aliphatic rings. The van der Waals surface area contributed by atoms with Gasteiger partial charge in [0.25, 0.3) is 5.91 Å². The molecule has 3 atom stereocenters. The molecule has 0 saturated heterocycles. The number of amides is 1. The number of carbonyl (C=O) groups is 2. The standard InChI is InChI=1S/C25H33NO4/c1-16(20-7-6-19-4-2-3-5-21(19)9-20)26-22(27)14-30-23(28)24-10-17-8-18(11-24)13-25(29,12-17)15-24/h6-7,9,16-18,29H,2-5,8,10-15H2,1H3,(H,26,27). The molecule has 0 aliphatic heterocycles. The van der Waals surface area contributed by atoms with Crippen LogP contribution in [-0.4, -0.2) is 29.2 Å². The third-order valence-electron chi connectivity index (χ3n) is 8.05. The average Bonchev–Trinajstić information content (AvgIpc) is 2.69. The number of carbonyl (C=O) groups excluding carboxylic acids is 2. The zero-order valence-corrected chi connectivity index (χ0v) is 17.9. The number of ether oxygens (including phenoxy) is 1. The van der Waals surface area contributed by atoms with Crippen LogP contribution in [0.5, 0.6) is 0 Å². The lowest BCUT2D eigenvalue weighted by molar-refractivity contribution is -0.196. The molecule has 4 fully saturated rings. The number of nitrogens with one attached hydrogen (secondary N) is 1. The van der Waals surface area contributed by atoms with E-state index in [9.17, 15) is 14.7 Å². The fourth-order valence-corrected chi connectivity index (χ4v) is 7.13. The molecule has 30 heavy (non-hydrogen) atoms. The lowest BCUT2D eigenvalue weighted by atomic mass is 9.48. The first-order valence-corrected chi connectivity index (χ1v) is 11.6. The van der Waals surface area contributed by atoms with E-state index in [1.807, 2.05) is 6.92 Å². The van der Waals surface area contributed by atoms with Crippen LogP contribution in [-0.2, 0) is 27.2 Å². The van der Waals surface area contributed by atoms with Crippen LogP contribution in [0.25, 0.3) is 0 Å². The molecule has 5 nitrogen and oxygen atoms in total. The Balaban J connectivity index is 1.17. The van der Waals surface area contributed by atoms with Gasteiger partial charge in [0.1, 0.15) is 0 Å². The summed E-state index contributed by atoms with van der Waals surface area (Å²) in [6.45, 7) is 1.72. The highest BCUT2D eigenvalue weighted by atomic mass is 16.5. The predicted molar refractivity (Wildman–Crippen MR) is 113 cm³/mol. The number of aliphatic hydroxyl groups is 1. The summed E-state index contributed by atoms with van der Waals surface area (Å²) in [5.41, 5.74) is 2.63. The van der Waals surface area contributed by atoms with Crippen molar-refractivity contribution in [2.24, 2.45) is 17.3 Å². The molecule has 2 N–H and O–H groups in total. The topological polar surface area (TPSA) is 75.6 Å². The number of hydrogen-bond acceptors (Lipinski definition) is 4. The van der Waals surface area contributed by atoms with Crippen LogP contribution in [0.15, 0.2) is 18.2 Å². The van der Waals surface area contributed by atoms with Crippen LogP contribution < -0.4 is 5.32 Å². The van der Waals surface area contributed by atoms with E-state index in [1.54, 1.807) is 0 Å². The molecule has 0 heterocycles. The predicted octanol–water partition coefficient (Wildman–Crippen LogP) is 3.62. The minimum Gasteiger partial charge on any atom is -0.455 e. The highest BCUT2D eigenvalue weighted by Gasteiger charge is 2.60. The van der Waals surface area contributed by atoms with E-state index >= 15 is 0 Å². The Morgan fingerprint density at radius 2 is 1.83 bits per heavy atom. The minimum absolute atomic E-state index is 0.122. The SMILES string of the molecule is CC(NC(=O)COC(=O)C12CC3CC(CC(O)(C3)C1)C2)c1ccc2c(c1)CCCC2. The van der Waals surface area contributed by atoms with Gasteiger partial charge in [0.05, 0.1) is 17.1 Å². The van der Waals surface area contributed by atoms with Crippen LogP contribution >= 0.6 is 0 Å². The van der Waals surface area contributed by atoms with E-state index in [0.29, 0.717) is 18.3 Å². The second-order valence-corrected chi connectivity index (χ2v) is 10.6. The van der Waals surface area contributed by atoms with E-state index in [-0.39, 0.29) is 24.5 Å². The second kappa shape index (κ2) is 7.37. The number of rotatable bonds is 5. The van der Waals surface area contributed by atoms with Crippen LogP contribution in [0.3, 0.4) is 0 Å². The van der Waals surface area contributed by atoms with Crippen molar-refractivity contribution in [3.63, 3.8) is 0 Å². The van der Waals surface area contributed by atoms with Crippen LogP contribution in [0.1, 0.15) is 81.0 Å². The summed E-state index contributed by atoms with van der Waals surface area (Å²) in [6, 6.07) is 6.37. The van der Waals surface area contributed by atoms with Crippen molar-refractivity contribution in [1.29, 1.82) is 0 Å². The molecule has 0 radical (unpaired) electrons. The Labute approximate surface area is 178 Å². The number of aryl methyl sites for hydroxylation is 2. The smallest absolute Gasteiger partial charge is 0.312 e. The number of fused-ring (bicyclic) bond motifs is 1. The first-order valence-electron chi connectivity index (χ1n) is 11.6. The van der Waals surface area contributed by atoms with Gasteiger partial charge in [-0.3, -0.25) is 9.59 Å². The zero-order valence-electron chi connectivity index (χ0n) is 17.9. The van der Waals surface area contributed by atoms with Gasteiger partial charge >= 0.3 is 5.97 Å². The summed E-state index contributed by atoms with van der Waals surface area (Å²) in [5, 5.41) is 13.8. The molecule has 4 bridgehead atoms. The van der Waals surface area contributed by atoms with Gasteiger partial charge in [0.15, 0.2) is 6.61 Å². The molecule has 1 amide bonds. The van der Waals surface area contributed by atoms with Crippen molar-refractivity contribution < 1.29 is 19.4 Å². The number of benzene rings is 1. The van der Waals surface area contributed by atoms with Crippen LogP contribution in [0.4, 0.5) is 0 Å². The Hall–Kier alpha value is -1.88.